The maximum absolute atomic E-state index is 5.81. The molecule has 0 aromatic heterocycles. The molecular formula is C31H50O. The molecule has 32 heavy (non-hydrogen) atoms. The summed E-state index contributed by atoms with van der Waals surface area (Å²) in [6.45, 7) is 6.79. The van der Waals surface area contributed by atoms with Crippen LogP contribution in [0, 0.1) is 0 Å². The highest BCUT2D eigenvalue weighted by Crippen LogP contribution is 2.38. The van der Waals surface area contributed by atoms with Gasteiger partial charge in [-0.2, -0.15) is 0 Å². The van der Waals surface area contributed by atoms with Crippen molar-refractivity contribution in [1.29, 1.82) is 0 Å². The van der Waals surface area contributed by atoms with Crippen molar-refractivity contribution in [3.63, 3.8) is 0 Å². The van der Waals surface area contributed by atoms with Crippen LogP contribution in [-0.2, 0) is 6.42 Å². The van der Waals surface area contributed by atoms with E-state index in [2.05, 4.69) is 51.1 Å². The number of hydrogen-bond acceptors (Lipinski definition) is 1. The van der Waals surface area contributed by atoms with E-state index >= 15 is 0 Å². The zero-order chi connectivity index (χ0) is 23.0. The number of ether oxygens (including phenoxy) is 1. The van der Waals surface area contributed by atoms with Crippen molar-refractivity contribution in [2.45, 2.75) is 129 Å². The molecule has 0 radical (unpaired) electrons. The highest BCUT2D eigenvalue weighted by molar-refractivity contribution is 5.77. The van der Waals surface area contributed by atoms with Crippen molar-refractivity contribution < 1.29 is 4.74 Å². The second-order valence-corrected chi connectivity index (χ2v) is 10.1. The second kappa shape index (κ2) is 16.2. The fraction of sp³-hybridized carbons (Fsp3) is 0.677. The van der Waals surface area contributed by atoms with Gasteiger partial charge < -0.3 is 4.74 Å². The summed E-state index contributed by atoms with van der Waals surface area (Å²) in [7, 11) is 1.81. The van der Waals surface area contributed by atoms with Gasteiger partial charge >= 0.3 is 0 Å². The monoisotopic (exact) mass is 438 g/mol. The van der Waals surface area contributed by atoms with E-state index in [1.54, 1.807) is 0 Å². The first-order valence-electron chi connectivity index (χ1n) is 13.8. The van der Waals surface area contributed by atoms with Crippen LogP contribution in [0.1, 0.15) is 134 Å². The van der Waals surface area contributed by atoms with Gasteiger partial charge in [0.2, 0.25) is 0 Å². The minimum absolute atomic E-state index is 0.513. The van der Waals surface area contributed by atoms with Gasteiger partial charge in [0.1, 0.15) is 5.75 Å². The van der Waals surface area contributed by atoms with E-state index in [0.29, 0.717) is 5.92 Å². The standard InChI is InChI=1S/C31H50O/c1-5-6-7-8-9-10-11-12-13-14-15-16-17-18-19-20-27-21-22-28-23-24-29(26(2)3)25-30(32-4)31(27)28/h21-26H,5-20H2,1-4H3. The second-order valence-electron chi connectivity index (χ2n) is 10.1. The average molecular weight is 439 g/mol. The van der Waals surface area contributed by atoms with Gasteiger partial charge in [-0.15, -0.1) is 0 Å². The van der Waals surface area contributed by atoms with E-state index in [1.165, 1.54) is 125 Å². The zero-order valence-corrected chi connectivity index (χ0v) is 21.7. The van der Waals surface area contributed by atoms with Crippen molar-refractivity contribution in [2.75, 3.05) is 7.11 Å². The van der Waals surface area contributed by atoms with E-state index in [1.807, 2.05) is 7.11 Å². The Morgan fingerprint density at radius 1 is 0.656 bits per heavy atom. The van der Waals surface area contributed by atoms with Crippen LogP contribution in [0.2, 0.25) is 0 Å². The number of aryl methyl sites for hydroxylation is 1. The first kappa shape index (κ1) is 26.7. The quantitative estimate of drug-likeness (QED) is 0.210. The Hall–Kier alpha value is -1.50. The third kappa shape index (κ3) is 9.55. The maximum atomic E-state index is 5.81. The highest BCUT2D eigenvalue weighted by Gasteiger charge is 2.15. The molecule has 0 spiro atoms. The lowest BCUT2D eigenvalue weighted by Gasteiger charge is -2.08. The average Bonchev–Trinajstić information content (AvgIpc) is 3.08. The Labute approximate surface area is 199 Å². The Bertz CT molecular complexity index is 702. The summed E-state index contributed by atoms with van der Waals surface area (Å²) in [5.74, 6) is 1.55. The van der Waals surface area contributed by atoms with Crippen LogP contribution in [-0.4, -0.2) is 7.11 Å². The summed E-state index contributed by atoms with van der Waals surface area (Å²) in [5, 5.41) is 0. The third-order valence-corrected chi connectivity index (χ3v) is 7.01. The van der Waals surface area contributed by atoms with E-state index in [-0.39, 0.29) is 0 Å². The number of methoxy groups -OCH3 is 1. The minimum atomic E-state index is 0.513. The molecule has 0 heterocycles. The SMILES string of the molecule is CCCCCCCCCCCCCCCCCc1ccc2ccc(C(C)C)cc(OC)c1-2. The molecule has 0 atom stereocenters. The topological polar surface area (TPSA) is 9.23 Å². The molecule has 180 valence electrons. The molecule has 1 nitrogen and oxygen atoms in total. The van der Waals surface area contributed by atoms with Gasteiger partial charge in [0.25, 0.3) is 0 Å². The van der Waals surface area contributed by atoms with Crippen LogP contribution in [0.4, 0.5) is 0 Å². The summed E-state index contributed by atoms with van der Waals surface area (Å²) in [6, 6.07) is 11.3. The van der Waals surface area contributed by atoms with Gasteiger partial charge in [-0.25, -0.2) is 0 Å². The van der Waals surface area contributed by atoms with Gasteiger partial charge in [0, 0.05) is 5.56 Å². The van der Waals surface area contributed by atoms with Gasteiger partial charge in [0.05, 0.1) is 7.11 Å². The Balaban J connectivity index is 1.58. The van der Waals surface area contributed by atoms with Crippen LogP contribution >= 0.6 is 0 Å². The normalized spacial score (nSPS) is 11.5. The lowest BCUT2D eigenvalue weighted by Crippen LogP contribution is -1.91. The van der Waals surface area contributed by atoms with Gasteiger partial charge in [-0.3, -0.25) is 0 Å². The Kier molecular flexibility index (Phi) is 13.5. The molecule has 2 aliphatic rings. The zero-order valence-electron chi connectivity index (χ0n) is 21.7. The number of rotatable bonds is 18. The van der Waals surface area contributed by atoms with Crippen molar-refractivity contribution in [2.24, 2.45) is 0 Å². The molecule has 2 aliphatic carbocycles. The van der Waals surface area contributed by atoms with Gasteiger partial charge in [-0.05, 0) is 41.5 Å². The van der Waals surface area contributed by atoms with E-state index in [4.69, 9.17) is 4.74 Å². The Morgan fingerprint density at radius 2 is 1.16 bits per heavy atom. The van der Waals surface area contributed by atoms with E-state index in [9.17, 15) is 0 Å². The number of hydrogen-bond donors (Lipinski definition) is 0. The Morgan fingerprint density at radius 3 is 1.66 bits per heavy atom. The van der Waals surface area contributed by atoms with Crippen LogP contribution in [0.5, 0.6) is 5.75 Å². The lowest BCUT2D eigenvalue weighted by atomic mass is 10.0. The van der Waals surface area contributed by atoms with Crippen LogP contribution in [0.15, 0.2) is 30.3 Å². The van der Waals surface area contributed by atoms with Crippen LogP contribution in [0.25, 0.3) is 11.1 Å². The predicted molar refractivity (Wildman–Crippen MR) is 142 cm³/mol. The molecule has 0 amide bonds. The number of unbranched alkanes of at least 4 members (excludes halogenated alkanes) is 14. The first-order chi connectivity index (χ1) is 15.7. The highest BCUT2D eigenvalue weighted by atomic mass is 16.5. The molecule has 0 aliphatic heterocycles. The summed E-state index contributed by atoms with van der Waals surface area (Å²) in [5.41, 5.74) is 5.43. The fourth-order valence-corrected chi connectivity index (χ4v) is 4.85. The molecule has 0 bridgehead atoms. The molecule has 2 rings (SSSR count). The van der Waals surface area contributed by atoms with Crippen LogP contribution in [0.3, 0.4) is 0 Å². The van der Waals surface area contributed by atoms with Crippen molar-refractivity contribution in [1.82, 2.24) is 0 Å². The van der Waals surface area contributed by atoms with Gasteiger partial charge in [0.15, 0.2) is 0 Å². The van der Waals surface area contributed by atoms with Crippen molar-refractivity contribution >= 4 is 0 Å². The van der Waals surface area contributed by atoms with E-state index in [0.717, 1.165) is 5.75 Å². The molecule has 0 aromatic carbocycles. The largest absolute Gasteiger partial charge is 0.496 e. The van der Waals surface area contributed by atoms with E-state index < -0.39 is 0 Å². The molecule has 0 fully saturated rings. The van der Waals surface area contributed by atoms with Crippen molar-refractivity contribution in [3.05, 3.63) is 41.5 Å². The molecule has 0 saturated heterocycles. The van der Waals surface area contributed by atoms with Crippen molar-refractivity contribution in [3.8, 4) is 16.9 Å². The molecule has 0 aromatic rings. The molecule has 1 heteroatoms. The summed E-state index contributed by atoms with van der Waals surface area (Å²) < 4.78 is 5.81. The number of fused-ring (bicyclic) bond motifs is 1. The molecule has 0 N–H and O–H groups in total. The third-order valence-electron chi connectivity index (χ3n) is 7.01. The predicted octanol–water partition coefficient (Wildman–Crippen LogP) is 10.3. The summed E-state index contributed by atoms with van der Waals surface area (Å²) in [4.78, 5) is 0. The molecule has 0 saturated carbocycles. The molecule has 0 unspecified atom stereocenters. The minimum Gasteiger partial charge on any atom is -0.496 e. The first-order valence-corrected chi connectivity index (χ1v) is 13.8. The van der Waals surface area contributed by atoms with Gasteiger partial charge in [-0.1, -0.05) is 135 Å². The maximum Gasteiger partial charge on any atom is 0.127 e. The molecular weight excluding hydrogens is 388 g/mol. The lowest BCUT2D eigenvalue weighted by molar-refractivity contribution is 0.416. The fourth-order valence-electron chi connectivity index (χ4n) is 4.85. The summed E-state index contributed by atoms with van der Waals surface area (Å²) in [6.07, 6.45) is 22.4. The summed E-state index contributed by atoms with van der Waals surface area (Å²) >= 11 is 0. The van der Waals surface area contributed by atoms with Crippen LogP contribution < -0.4 is 4.74 Å². The smallest absolute Gasteiger partial charge is 0.127 e.